The Balaban J connectivity index is 2.22. The summed E-state index contributed by atoms with van der Waals surface area (Å²) in [4.78, 5) is 24.7. The van der Waals surface area contributed by atoms with Gasteiger partial charge in [0.25, 0.3) is 0 Å². The molecule has 0 N–H and O–H groups in total. The van der Waals surface area contributed by atoms with Gasteiger partial charge >= 0.3 is 11.9 Å². The number of hydrogen-bond donors (Lipinski definition) is 0. The normalized spacial score (nSPS) is 21.8. The minimum Gasteiger partial charge on any atom is -0.464 e. The minimum absolute atomic E-state index is 0.197. The third kappa shape index (κ3) is 6.98. The summed E-state index contributed by atoms with van der Waals surface area (Å²) in [5.41, 5.74) is 1.91. The van der Waals surface area contributed by atoms with Crippen LogP contribution in [0.1, 0.15) is 58.4 Å². The number of esters is 2. The van der Waals surface area contributed by atoms with Crippen molar-refractivity contribution in [1.29, 1.82) is 0 Å². The molecule has 2 rings (SSSR count). The molecular formula is C23H32O6. The van der Waals surface area contributed by atoms with Crippen LogP contribution in [0.5, 0.6) is 0 Å². The van der Waals surface area contributed by atoms with Gasteiger partial charge in [-0.25, -0.2) is 9.59 Å². The van der Waals surface area contributed by atoms with Gasteiger partial charge in [0.2, 0.25) is 0 Å². The summed E-state index contributed by atoms with van der Waals surface area (Å²) < 4.78 is 21.9. The lowest BCUT2D eigenvalue weighted by molar-refractivity contribution is -0.163. The monoisotopic (exact) mass is 404 g/mol. The fourth-order valence-corrected chi connectivity index (χ4v) is 3.20. The van der Waals surface area contributed by atoms with Crippen LogP contribution in [0.25, 0.3) is 6.08 Å². The van der Waals surface area contributed by atoms with Gasteiger partial charge in [-0.1, -0.05) is 62.6 Å². The summed E-state index contributed by atoms with van der Waals surface area (Å²) in [5.74, 6) is -1.23. The van der Waals surface area contributed by atoms with Crippen LogP contribution < -0.4 is 0 Å². The van der Waals surface area contributed by atoms with Crippen LogP contribution in [0.4, 0.5) is 0 Å². The number of unbranched alkanes of at least 4 members (excludes halogenated alkanes) is 3. The minimum atomic E-state index is -1.13. The zero-order valence-electron chi connectivity index (χ0n) is 17.6. The molecule has 1 aliphatic rings. The molecule has 29 heavy (non-hydrogen) atoms. The van der Waals surface area contributed by atoms with Crippen molar-refractivity contribution < 1.29 is 28.5 Å². The Bertz CT molecular complexity index is 643. The molecule has 1 aliphatic heterocycles. The quantitative estimate of drug-likeness (QED) is 0.405. The van der Waals surface area contributed by atoms with Gasteiger partial charge in [-0.3, -0.25) is 0 Å². The fourth-order valence-electron chi connectivity index (χ4n) is 3.20. The Morgan fingerprint density at radius 2 is 1.48 bits per heavy atom. The first-order valence-corrected chi connectivity index (χ1v) is 10.5. The van der Waals surface area contributed by atoms with Gasteiger partial charge < -0.3 is 18.9 Å². The van der Waals surface area contributed by atoms with Crippen LogP contribution in [-0.4, -0.2) is 43.7 Å². The molecule has 2 atom stereocenters. The van der Waals surface area contributed by atoms with Crippen LogP contribution in [0, 0.1) is 0 Å². The number of ether oxygens (including phenoxy) is 4. The molecule has 1 aromatic rings. The number of carbonyl (C=O) groups is 2. The highest BCUT2D eigenvalue weighted by atomic mass is 16.8. The van der Waals surface area contributed by atoms with Crippen molar-refractivity contribution in [1.82, 2.24) is 0 Å². The standard InChI is InChI=1S/C23H32O6/c1-4-7-8-12-15-18(16-17-13-10-9-11-14-17)23-28-19(21(24)26-5-2)20(29-23)22(25)27-6-3/h9-11,13-14,16,19-20,23H,4-8,12,15H2,1-3H3. The van der Waals surface area contributed by atoms with Crippen LogP contribution in [-0.2, 0) is 28.5 Å². The maximum absolute atomic E-state index is 12.3. The second-order valence-electron chi connectivity index (χ2n) is 6.89. The average Bonchev–Trinajstić information content (AvgIpc) is 3.17. The highest BCUT2D eigenvalue weighted by Gasteiger charge is 2.47. The van der Waals surface area contributed by atoms with E-state index in [-0.39, 0.29) is 13.2 Å². The van der Waals surface area contributed by atoms with Gasteiger partial charge in [0, 0.05) is 0 Å². The highest BCUT2D eigenvalue weighted by Crippen LogP contribution is 2.30. The summed E-state index contributed by atoms with van der Waals surface area (Å²) in [6.07, 6.45) is 4.08. The Hall–Kier alpha value is -2.18. The van der Waals surface area contributed by atoms with Crippen molar-refractivity contribution in [2.75, 3.05) is 13.2 Å². The van der Waals surface area contributed by atoms with Crippen molar-refractivity contribution in [3.05, 3.63) is 41.5 Å². The molecule has 0 aromatic heterocycles. The Morgan fingerprint density at radius 1 is 0.897 bits per heavy atom. The van der Waals surface area contributed by atoms with Crippen LogP contribution in [0.3, 0.4) is 0 Å². The van der Waals surface area contributed by atoms with E-state index in [1.54, 1.807) is 13.8 Å². The lowest BCUT2D eigenvalue weighted by atomic mass is 10.0. The zero-order chi connectivity index (χ0) is 21.1. The molecule has 0 spiro atoms. The first kappa shape index (κ1) is 23.1. The molecule has 1 fully saturated rings. The molecule has 0 saturated carbocycles. The Labute approximate surface area is 173 Å². The number of hydrogen-bond acceptors (Lipinski definition) is 6. The van der Waals surface area contributed by atoms with Gasteiger partial charge in [-0.15, -0.1) is 0 Å². The Kier molecular flexibility index (Phi) is 9.88. The molecule has 6 heteroatoms. The van der Waals surface area contributed by atoms with Crippen LogP contribution in [0.15, 0.2) is 35.9 Å². The van der Waals surface area contributed by atoms with E-state index in [9.17, 15) is 9.59 Å². The molecule has 1 saturated heterocycles. The molecule has 0 amide bonds. The van der Waals surface area contributed by atoms with Gasteiger partial charge in [0.05, 0.1) is 13.2 Å². The second kappa shape index (κ2) is 12.4. The van der Waals surface area contributed by atoms with Gasteiger partial charge in [-0.2, -0.15) is 0 Å². The number of benzene rings is 1. The molecular weight excluding hydrogens is 372 g/mol. The molecule has 1 aromatic carbocycles. The largest absolute Gasteiger partial charge is 0.464 e. The predicted molar refractivity (Wildman–Crippen MR) is 110 cm³/mol. The number of rotatable bonds is 11. The van der Waals surface area contributed by atoms with E-state index in [0.717, 1.165) is 43.2 Å². The van der Waals surface area contributed by atoms with E-state index < -0.39 is 30.4 Å². The van der Waals surface area contributed by atoms with Gasteiger partial charge in [-0.05, 0) is 37.8 Å². The molecule has 6 nitrogen and oxygen atoms in total. The predicted octanol–water partition coefficient (Wildman–Crippen LogP) is 4.28. The summed E-state index contributed by atoms with van der Waals surface area (Å²) in [6, 6.07) is 9.85. The summed E-state index contributed by atoms with van der Waals surface area (Å²) in [7, 11) is 0. The van der Waals surface area contributed by atoms with E-state index >= 15 is 0 Å². The lowest BCUT2D eigenvalue weighted by Crippen LogP contribution is -2.39. The summed E-state index contributed by atoms with van der Waals surface area (Å²) in [5, 5.41) is 0. The van der Waals surface area contributed by atoms with E-state index in [1.165, 1.54) is 0 Å². The van der Waals surface area contributed by atoms with Gasteiger partial charge in [0.1, 0.15) is 0 Å². The van der Waals surface area contributed by atoms with Crippen molar-refractivity contribution in [2.45, 2.75) is 71.4 Å². The van der Waals surface area contributed by atoms with E-state index in [4.69, 9.17) is 18.9 Å². The van der Waals surface area contributed by atoms with Crippen molar-refractivity contribution in [3.63, 3.8) is 0 Å². The van der Waals surface area contributed by atoms with Gasteiger partial charge in [0.15, 0.2) is 18.5 Å². The number of carbonyl (C=O) groups excluding carboxylic acids is 2. The highest BCUT2D eigenvalue weighted by molar-refractivity contribution is 5.86. The first-order chi connectivity index (χ1) is 14.1. The lowest BCUT2D eigenvalue weighted by Gasteiger charge is -2.15. The molecule has 1 heterocycles. The van der Waals surface area contributed by atoms with Crippen molar-refractivity contribution in [2.24, 2.45) is 0 Å². The smallest absolute Gasteiger partial charge is 0.338 e. The molecule has 0 radical (unpaired) electrons. The van der Waals surface area contributed by atoms with Crippen LogP contribution in [0.2, 0.25) is 0 Å². The first-order valence-electron chi connectivity index (χ1n) is 10.5. The molecule has 0 aliphatic carbocycles. The third-order valence-corrected chi connectivity index (χ3v) is 4.63. The SMILES string of the molecule is CCCCCCC(=Cc1ccccc1)C1OC(C(=O)OCC)C(C(=O)OCC)O1. The van der Waals surface area contributed by atoms with E-state index in [2.05, 4.69) is 6.92 Å². The third-order valence-electron chi connectivity index (χ3n) is 4.63. The molecule has 2 unspecified atom stereocenters. The fraction of sp³-hybridized carbons (Fsp3) is 0.565. The molecule has 160 valence electrons. The van der Waals surface area contributed by atoms with E-state index in [0.29, 0.717) is 0 Å². The summed E-state index contributed by atoms with van der Waals surface area (Å²) in [6.45, 7) is 5.97. The Morgan fingerprint density at radius 3 is 2.00 bits per heavy atom. The van der Waals surface area contributed by atoms with Crippen molar-refractivity contribution >= 4 is 18.0 Å². The maximum atomic E-state index is 12.3. The summed E-state index contributed by atoms with van der Waals surface area (Å²) >= 11 is 0. The average molecular weight is 405 g/mol. The topological polar surface area (TPSA) is 71.1 Å². The van der Waals surface area contributed by atoms with Crippen molar-refractivity contribution in [3.8, 4) is 0 Å². The zero-order valence-corrected chi connectivity index (χ0v) is 17.6. The van der Waals surface area contributed by atoms with E-state index in [1.807, 2.05) is 36.4 Å². The molecule has 0 bridgehead atoms. The van der Waals surface area contributed by atoms with Crippen LogP contribution >= 0.6 is 0 Å². The second-order valence-corrected chi connectivity index (χ2v) is 6.89. The maximum Gasteiger partial charge on any atom is 0.338 e.